The van der Waals surface area contributed by atoms with Crippen LogP contribution in [0, 0.1) is 5.92 Å². The zero-order chi connectivity index (χ0) is 12.0. The number of rotatable bonds is 6. The molecule has 1 aliphatic rings. The average molecular weight is 226 g/mol. The van der Waals surface area contributed by atoms with Crippen molar-refractivity contribution in [2.24, 2.45) is 5.92 Å². The second-order valence-corrected chi connectivity index (χ2v) is 5.70. The number of hydrogen-bond donors (Lipinski definition) is 1. The summed E-state index contributed by atoms with van der Waals surface area (Å²) in [6.07, 6.45) is 5.41. The highest BCUT2D eigenvalue weighted by molar-refractivity contribution is 4.82. The van der Waals surface area contributed by atoms with Gasteiger partial charge in [-0.3, -0.25) is 0 Å². The van der Waals surface area contributed by atoms with Crippen molar-refractivity contribution in [3.8, 4) is 0 Å². The molecule has 0 aromatic heterocycles. The van der Waals surface area contributed by atoms with Gasteiger partial charge in [-0.25, -0.2) is 0 Å². The van der Waals surface area contributed by atoms with Gasteiger partial charge in [0.05, 0.1) is 0 Å². The van der Waals surface area contributed by atoms with E-state index in [0.717, 1.165) is 24.5 Å². The van der Waals surface area contributed by atoms with Crippen molar-refractivity contribution in [1.82, 2.24) is 10.2 Å². The molecule has 1 rings (SSSR count). The maximum Gasteiger partial charge on any atom is 0.00939 e. The monoisotopic (exact) mass is 226 g/mol. The van der Waals surface area contributed by atoms with Gasteiger partial charge >= 0.3 is 0 Å². The molecule has 1 saturated heterocycles. The lowest BCUT2D eigenvalue weighted by Gasteiger charge is -2.38. The average Bonchev–Trinajstić information content (AvgIpc) is 2.21. The van der Waals surface area contributed by atoms with Crippen LogP contribution in [0.2, 0.25) is 0 Å². The van der Waals surface area contributed by atoms with Gasteiger partial charge in [-0.05, 0) is 58.2 Å². The molecule has 2 unspecified atom stereocenters. The summed E-state index contributed by atoms with van der Waals surface area (Å²) in [5, 5.41) is 3.58. The molecule has 0 amide bonds. The van der Waals surface area contributed by atoms with E-state index in [1.54, 1.807) is 0 Å². The second kappa shape index (κ2) is 7.29. The maximum absolute atomic E-state index is 3.58. The van der Waals surface area contributed by atoms with Crippen LogP contribution in [-0.4, -0.2) is 36.6 Å². The molecule has 1 aliphatic heterocycles. The number of piperidine rings is 1. The number of nitrogens with one attached hydrogen (secondary N) is 1. The Bertz CT molecular complexity index is 180. The third-order valence-electron chi connectivity index (χ3n) is 3.73. The molecule has 1 fully saturated rings. The Morgan fingerprint density at radius 1 is 1.38 bits per heavy atom. The van der Waals surface area contributed by atoms with Gasteiger partial charge in [0.25, 0.3) is 0 Å². The van der Waals surface area contributed by atoms with E-state index in [1.165, 1.54) is 38.8 Å². The zero-order valence-electron chi connectivity index (χ0n) is 11.6. The molecule has 0 radical (unpaired) electrons. The standard InChI is InChI=1S/C14H30N2/c1-5-15-14-8-10-16(13(4)11-14)9-6-7-12(2)3/h12-15H,5-11H2,1-4H3. The summed E-state index contributed by atoms with van der Waals surface area (Å²) in [6, 6.07) is 1.53. The van der Waals surface area contributed by atoms with Crippen LogP contribution in [0.3, 0.4) is 0 Å². The van der Waals surface area contributed by atoms with Gasteiger partial charge in [0, 0.05) is 12.1 Å². The van der Waals surface area contributed by atoms with E-state index in [4.69, 9.17) is 0 Å². The summed E-state index contributed by atoms with van der Waals surface area (Å²) in [5.41, 5.74) is 0. The SMILES string of the molecule is CCNC1CCN(CCCC(C)C)C(C)C1. The molecule has 0 spiro atoms. The highest BCUT2D eigenvalue weighted by Gasteiger charge is 2.24. The van der Waals surface area contributed by atoms with Gasteiger partial charge < -0.3 is 10.2 Å². The molecule has 0 saturated carbocycles. The number of likely N-dealkylation sites (tertiary alicyclic amines) is 1. The first-order valence-corrected chi connectivity index (χ1v) is 7.11. The molecule has 0 aromatic rings. The largest absolute Gasteiger partial charge is 0.314 e. The molecule has 16 heavy (non-hydrogen) atoms. The van der Waals surface area contributed by atoms with E-state index in [1.807, 2.05) is 0 Å². The molecule has 0 aromatic carbocycles. The fourth-order valence-corrected chi connectivity index (χ4v) is 2.73. The van der Waals surface area contributed by atoms with Gasteiger partial charge in [0.2, 0.25) is 0 Å². The highest BCUT2D eigenvalue weighted by atomic mass is 15.2. The molecule has 1 heterocycles. The molecule has 2 heteroatoms. The second-order valence-electron chi connectivity index (χ2n) is 5.70. The van der Waals surface area contributed by atoms with Crippen LogP contribution >= 0.6 is 0 Å². The lowest BCUT2D eigenvalue weighted by molar-refractivity contribution is 0.133. The molecular formula is C14H30N2. The Labute approximate surface area is 102 Å². The van der Waals surface area contributed by atoms with E-state index in [-0.39, 0.29) is 0 Å². The Morgan fingerprint density at radius 2 is 2.12 bits per heavy atom. The van der Waals surface area contributed by atoms with E-state index >= 15 is 0 Å². The van der Waals surface area contributed by atoms with Gasteiger partial charge in [0.15, 0.2) is 0 Å². The van der Waals surface area contributed by atoms with Gasteiger partial charge in [-0.1, -0.05) is 20.8 Å². The predicted octanol–water partition coefficient (Wildman–Crippen LogP) is 2.89. The summed E-state index contributed by atoms with van der Waals surface area (Å²) in [6.45, 7) is 12.9. The van der Waals surface area contributed by atoms with Crippen molar-refractivity contribution in [1.29, 1.82) is 0 Å². The summed E-state index contributed by atoms with van der Waals surface area (Å²) in [4.78, 5) is 2.68. The Hall–Kier alpha value is -0.0800. The molecule has 2 atom stereocenters. The lowest BCUT2D eigenvalue weighted by atomic mass is 9.97. The number of nitrogens with zero attached hydrogens (tertiary/aromatic N) is 1. The molecule has 2 nitrogen and oxygen atoms in total. The van der Waals surface area contributed by atoms with E-state index in [9.17, 15) is 0 Å². The van der Waals surface area contributed by atoms with E-state index in [2.05, 4.69) is 37.9 Å². The Balaban J connectivity index is 2.20. The smallest absolute Gasteiger partial charge is 0.00939 e. The summed E-state index contributed by atoms with van der Waals surface area (Å²) in [7, 11) is 0. The summed E-state index contributed by atoms with van der Waals surface area (Å²) >= 11 is 0. The molecular weight excluding hydrogens is 196 g/mol. The van der Waals surface area contributed by atoms with Crippen molar-refractivity contribution in [2.45, 2.75) is 65.5 Å². The highest BCUT2D eigenvalue weighted by Crippen LogP contribution is 2.18. The molecule has 0 aliphatic carbocycles. The van der Waals surface area contributed by atoms with Crippen LogP contribution in [0.15, 0.2) is 0 Å². The maximum atomic E-state index is 3.58. The normalized spacial score (nSPS) is 27.6. The lowest BCUT2D eigenvalue weighted by Crippen LogP contribution is -2.47. The number of hydrogen-bond acceptors (Lipinski definition) is 2. The van der Waals surface area contributed by atoms with Gasteiger partial charge in [0.1, 0.15) is 0 Å². The van der Waals surface area contributed by atoms with Crippen LogP contribution in [0.1, 0.15) is 53.4 Å². The van der Waals surface area contributed by atoms with Crippen molar-refractivity contribution < 1.29 is 0 Å². The van der Waals surface area contributed by atoms with Crippen LogP contribution in [-0.2, 0) is 0 Å². The van der Waals surface area contributed by atoms with Crippen molar-refractivity contribution in [3.05, 3.63) is 0 Å². The minimum Gasteiger partial charge on any atom is -0.314 e. The topological polar surface area (TPSA) is 15.3 Å². The fraction of sp³-hybridized carbons (Fsp3) is 1.00. The fourth-order valence-electron chi connectivity index (χ4n) is 2.73. The molecule has 1 N–H and O–H groups in total. The first-order valence-electron chi connectivity index (χ1n) is 7.11. The third-order valence-corrected chi connectivity index (χ3v) is 3.73. The van der Waals surface area contributed by atoms with E-state index in [0.29, 0.717) is 0 Å². The first-order chi connectivity index (χ1) is 7.63. The van der Waals surface area contributed by atoms with Crippen LogP contribution in [0.5, 0.6) is 0 Å². The quantitative estimate of drug-likeness (QED) is 0.749. The molecule has 96 valence electrons. The van der Waals surface area contributed by atoms with Crippen molar-refractivity contribution >= 4 is 0 Å². The van der Waals surface area contributed by atoms with Crippen LogP contribution in [0.25, 0.3) is 0 Å². The van der Waals surface area contributed by atoms with Crippen molar-refractivity contribution in [2.75, 3.05) is 19.6 Å². The van der Waals surface area contributed by atoms with Gasteiger partial charge in [-0.2, -0.15) is 0 Å². The van der Waals surface area contributed by atoms with Crippen LogP contribution in [0.4, 0.5) is 0 Å². The summed E-state index contributed by atoms with van der Waals surface area (Å²) in [5.74, 6) is 0.856. The zero-order valence-corrected chi connectivity index (χ0v) is 11.6. The van der Waals surface area contributed by atoms with Crippen LogP contribution < -0.4 is 5.32 Å². The third kappa shape index (κ3) is 4.84. The Kier molecular flexibility index (Phi) is 6.37. The minimum atomic E-state index is 0.765. The summed E-state index contributed by atoms with van der Waals surface area (Å²) < 4.78 is 0. The van der Waals surface area contributed by atoms with Gasteiger partial charge in [-0.15, -0.1) is 0 Å². The minimum absolute atomic E-state index is 0.765. The van der Waals surface area contributed by atoms with E-state index < -0.39 is 0 Å². The molecule has 0 bridgehead atoms. The first kappa shape index (κ1) is 14.0. The van der Waals surface area contributed by atoms with Crippen molar-refractivity contribution in [3.63, 3.8) is 0 Å². The predicted molar refractivity (Wildman–Crippen MR) is 71.8 cm³/mol. The Morgan fingerprint density at radius 3 is 2.69 bits per heavy atom.